The molecule has 0 aliphatic rings. The van der Waals surface area contributed by atoms with Gasteiger partial charge in [0.05, 0.1) is 16.7 Å². The summed E-state index contributed by atoms with van der Waals surface area (Å²) in [5, 5.41) is 12.1. The van der Waals surface area contributed by atoms with Crippen molar-refractivity contribution in [2.75, 3.05) is 0 Å². The normalized spacial score (nSPS) is 11.9. The standard InChI is InChI=1S/C20H19N3O3/c1-12-7-13(2)9-14(8-12)19(24)23-18(20(25)26)10-15-11-21-16-5-3-4-6-17(16)22-15/h3-9,11,18H,10H2,1-2H3,(H,23,24)(H,25,26)/t18-/m0/s1. The van der Waals surface area contributed by atoms with E-state index in [9.17, 15) is 14.7 Å². The van der Waals surface area contributed by atoms with Crippen molar-refractivity contribution in [1.82, 2.24) is 15.3 Å². The minimum Gasteiger partial charge on any atom is -0.480 e. The molecule has 1 aromatic heterocycles. The molecule has 0 radical (unpaired) electrons. The number of carbonyl (C=O) groups excluding carboxylic acids is 1. The zero-order valence-electron chi connectivity index (χ0n) is 14.6. The lowest BCUT2D eigenvalue weighted by Gasteiger charge is -2.15. The fourth-order valence-corrected chi connectivity index (χ4v) is 2.85. The molecule has 0 aliphatic carbocycles. The highest BCUT2D eigenvalue weighted by molar-refractivity contribution is 5.97. The maximum Gasteiger partial charge on any atom is 0.326 e. The SMILES string of the molecule is Cc1cc(C)cc(C(=O)N[C@@H](Cc2cnc3ccccc3n2)C(=O)O)c1. The van der Waals surface area contributed by atoms with Gasteiger partial charge in [0.1, 0.15) is 6.04 Å². The molecule has 1 amide bonds. The predicted molar refractivity (Wildman–Crippen MR) is 98.0 cm³/mol. The van der Waals surface area contributed by atoms with Crippen LogP contribution in [-0.2, 0) is 11.2 Å². The molecular weight excluding hydrogens is 330 g/mol. The third kappa shape index (κ3) is 4.03. The summed E-state index contributed by atoms with van der Waals surface area (Å²) in [6.07, 6.45) is 1.60. The van der Waals surface area contributed by atoms with E-state index in [2.05, 4.69) is 15.3 Å². The third-order valence-corrected chi connectivity index (χ3v) is 4.00. The number of rotatable bonds is 5. The molecule has 0 aliphatic heterocycles. The highest BCUT2D eigenvalue weighted by atomic mass is 16.4. The topological polar surface area (TPSA) is 92.2 Å². The van der Waals surface area contributed by atoms with Crippen LogP contribution in [0.4, 0.5) is 0 Å². The summed E-state index contributed by atoms with van der Waals surface area (Å²) in [5.41, 5.74) is 4.28. The molecule has 0 spiro atoms. The number of carboxylic acids is 1. The van der Waals surface area contributed by atoms with Gasteiger partial charge in [-0.2, -0.15) is 0 Å². The molecule has 132 valence electrons. The summed E-state index contributed by atoms with van der Waals surface area (Å²) in [4.78, 5) is 32.8. The van der Waals surface area contributed by atoms with E-state index in [0.29, 0.717) is 16.8 Å². The van der Waals surface area contributed by atoms with Crippen molar-refractivity contribution in [2.45, 2.75) is 26.3 Å². The Bertz CT molecular complexity index is 965. The number of hydrogen-bond acceptors (Lipinski definition) is 4. The zero-order valence-corrected chi connectivity index (χ0v) is 14.6. The van der Waals surface area contributed by atoms with Gasteiger partial charge in [-0.1, -0.05) is 29.3 Å². The van der Waals surface area contributed by atoms with Crippen LogP contribution >= 0.6 is 0 Å². The van der Waals surface area contributed by atoms with Crippen molar-refractivity contribution in [3.05, 3.63) is 71.0 Å². The van der Waals surface area contributed by atoms with Crippen LogP contribution in [0.15, 0.2) is 48.7 Å². The smallest absolute Gasteiger partial charge is 0.326 e. The average molecular weight is 349 g/mol. The predicted octanol–water partition coefficient (Wildman–Crippen LogP) is 2.67. The maximum absolute atomic E-state index is 12.5. The summed E-state index contributed by atoms with van der Waals surface area (Å²) in [7, 11) is 0. The number of aliphatic carboxylic acids is 1. The van der Waals surface area contributed by atoms with Crippen molar-refractivity contribution in [1.29, 1.82) is 0 Å². The van der Waals surface area contributed by atoms with Crippen LogP contribution in [0.2, 0.25) is 0 Å². The van der Waals surface area contributed by atoms with Crippen LogP contribution in [0.3, 0.4) is 0 Å². The van der Waals surface area contributed by atoms with E-state index >= 15 is 0 Å². The van der Waals surface area contributed by atoms with Crippen molar-refractivity contribution in [2.24, 2.45) is 0 Å². The Hall–Kier alpha value is -3.28. The van der Waals surface area contributed by atoms with E-state index in [1.165, 1.54) is 0 Å². The van der Waals surface area contributed by atoms with Gasteiger partial charge >= 0.3 is 5.97 Å². The number of nitrogens with one attached hydrogen (secondary N) is 1. The van der Waals surface area contributed by atoms with E-state index in [0.717, 1.165) is 16.6 Å². The van der Waals surface area contributed by atoms with Gasteiger partial charge in [0.25, 0.3) is 5.91 Å². The van der Waals surface area contributed by atoms with Crippen LogP contribution in [0.25, 0.3) is 11.0 Å². The molecule has 3 aromatic rings. The van der Waals surface area contributed by atoms with Gasteiger partial charge in [-0.15, -0.1) is 0 Å². The third-order valence-electron chi connectivity index (χ3n) is 4.00. The number of benzene rings is 2. The van der Waals surface area contributed by atoms with Crippen LogP contribution in [0.5, 0.6) is 0 Å². The molecule has 6 nitrogen and oxygen atoms in total. The second kappa shape index (κ2) is 7.31. The Labute approximate surface area is 150 Å². The molecule has 0 bridgehead atoms. The van der Waals surface area contributed by atoms with Gasteiger partial charge < -0.3 is 10.4 Å². The Morgan fingerprint density at radius 3 is 2.38 bits per heavy atom. The highest BCUT2D eigenvalue weighted by Crippen LogP contribution is 2.12. The van der Waals surface area contributed by atoms with Gasteiger partial charge in [-0.3, -0.25) is 9.78 Å². The van der Waals surface area contributed by atoms with Gasteiger partial charge in [-0.05, 0) is 38.1 Å². The van der Waals surface area contributed by atoms with E-state index in [1.54, 1.807) is 18.3 Å². The maximum atomic E-state index is 12.5. The summed E-state index contributed by atoms with van der Waals surface area (Å²) in [6, 6.07) is 11.7. The zero-order chi connectivity index (χ0) is 18.7. The van der Waals surface area contributed by atoms with Gasteiger partial charge in [-0.25, -0.2) is 9.78 Å². The van der Waals surface area contributed by atoms with Crippen LogP contribution in [0, 0.1) is 13.8 Å². The molecule has 0 saturated carbocycles. The molecule has 0 unspecified atom stereocenters. The molecule has 0 fully saturated rings. The second-order valence-corrected chi connectivity index (χ2v) is 6.29. The lowest BCUT2D eigenvalue weighted by molar-refractivity contribution is -0.139. The van der Waals surface area contributed by atoms with Gasteiger partial charge in [0.15, 0.2) is 0 Å². The summed E-state index contributed by atoms with van der Waals surface area (Å²) in [6.45, 7) is 3.78. The minimum absolute atomic E-state index is 0.0592. The molecule has 0 saturated heterocycles. The lowest BCUT2D eigenvalue weighted by Crippen LogP contribution is -2.42. The van der Waals surface area contributed by atoms with Gasteiger partial charge in [0.2, 0.25) is 0 Å². The summed E-state index contributed by atoms with van der Waals surface area (Å²) < 4.78 is 0. The largest absolute Gasteiger partial charge is 0.480 e. The lowest BCUT2D eigenvalue weighted by atomic mass is 10.1. The minimum atomic E-state index is -1.11. The first kappa shape index (κ1) is 17.5. The van der Waals surface area contributed by atoms with Crippen molar-refractivity contribution in [3.8, 4) is 0 Å². The highest BCUT2D eigenvalue weighted by Gasteiger charge is 2.22. The number of aryl methyl sites for hydroxylation is 2. The molecule has 2 aromatic carbocycles. The number of fused-ring (bicyclic) bond motifs is 1. The first-order valence-corrected chi connectivity index (χ1v) is 8.25. The Morgan fingerprint density at radius 2 is 1.73 bits per heavy atom. The number of para-hydroxylation sites is 2. The van der Waals surface area contributed by atoms with E-state index < -0.39 is 17.9 Å². The number of aromatic nitrogens is 2. The molecule has 1 heterocycles. The van der Waals surface area contributed by atoms with E-state index in [-0.39, 0.29) is 6.42 Å². The first-order valence-electron chi connectivity index (χ1n) is 8.25. The molecule has 3 rings (SSSR count). The number of nitrogens with zero attached hydrogens (tertiary/aromatic N) is 2. The van der Waals surface area contributed by atoms with Crippen LogP contribution in [-0.4, -0.2) is 33.0 Å². The fourth-order valence-electron chi connectivity index (χ4n) is 2.85. The summed E-state index contributed by atoms with van der Waals surface area (Å²) >= 11 is 0. The number of amides is 1. The van der Waals surface area contributed by atoms with Crippen molar-refractivity contribution >= 4 is 22.9 Å². The van der Waals surface area contributed by atoms with Crippen molar-refractivity contribution in [3.63, 3.8) is 0 Å². The van der Waals surface area contributed by atoms with E-state index in [1.807, 2.05) is 44.2 Å². The number of carboxylic acid groups (broad SMARTS) is 1. The monoisotopic (exact) mass is 349 g/mol. The number of hydrogen-bond donors (Lipinski definition) is 2. The fraction of sp³-hybridized carbons (Fsp3) is 0.200. The molecular formula is C20H19N3O3. The Balaban J connectivity index is 1.80. The molecule has 26 heavy (non-hydrogen) atoms. The van der Waals surface area contributed by atoms with Crippen LogP contribution in [0.1, 0.15) is 27.2 Å². The van der Waals surface area contributed by atoms with E-state index in [4.69, 9.17) is 0 Å². The Morgan fingerprint density at radius 1 is 1.08 bits per heavy atom. The quantitative estimate of drug-likeness (QED) is 0.739. The molecule has 6 heteroatoms. The Kier molecular flexibility index (Phi) is 4.93. The average Bonchev–Trinajstić information content (AvgIpc) is 2.60. The number of carbonyl (C=O) groups is 2. The van der Waals surface area contributed by atoms with Crippen LogP contribution < -0.4 is 5.32 Å². The van der Waals surface area contributed by atoms with Gasteiger partial charge in [0, 0.05) is 18.2 Å². The molecule has 1 atom stereocenters. The van der Waals surface area contributed by atoms with Crippen molar-refractivity contribution < 1.29 is 14.7 Å². The second-order valence-electron chi connectivity index (χ2n) is 6.29. The summed E-state index contributed by atoms with van der Waals surface area (Å²) in [5.74, 6) is -1.53. The first-order chi connectivity index (χ1) is 12.4. The molecule has 2 N–H and O–H groups in total.